The van der Waals surface area contributed by atoms with E-state index in [9.17, 15) is 20.0 Å². The van der Waals surface area contributed by atoms with E-state index in [4.69, 9.17) is 4.74 Å². The molecule has 6 nitrogen and oxygen atoms in total. The molecule has 0 saturated heterocycles. The van der Waals surface area contributed by atoms with Crippen molar-refractivity contribution in [3.63, 3.8) is 0 Å². The number of rotatable bonds is 8. The first-order chi connectivity index (χ1) is 12.0. The lowest BCUT2D eigenvalue weighted by atomic mass is 9.91. The van der Waals surface area contributed by atoms with Gasteiger partial charge in [-0.1, -0.05) is 37.3 Å². The maximum absolute atomic E-state index is 11.7. The predicted molar refractivity (Wildman–Crippen MR) is 94.2 cm³/mol. The minimum atomic E-state index is -0.958. The van der Waals surface area contributed by atoms with Crippen LogP contribution in [0, 0.1) is 10.1 Å². The summed E-state index contributed by atoms with van der Waals surface area (Å²) in [6, 6.07) is 12.0. The van der Waals surface area contributed by atoms with E-state index >= 15 is 0 Å². The molecule has 1 atom stereocenters. The molecule has 0 aromatic heterocycles. The second kappa shape index (κ2) is 8.28. The molecule has 0 radical (unpaired) electrons. The minimum absolute atomic E-state index is 0.148. The van der Waals surface area contributed by atoms with Crippen molar-refractivity contribution in [1.29, 1.82) is 0 Å². The number of nitrogens with zero attached hydrogens (tertiary/aromatic N) is 1. The Kier molecular flexibility index (Phi) is 6.11. The van der Waals surface area contributed by atoms with Crippen molar-refractivity contribution in [2.24, 2.45) is 0 Å². The Morgan fingerprint density at radius 3 is 2.32 bits per heavy atom. The molecular weight excluding hydrogens is 322 g/mol. The molecule has 1 N–H and O–H groups in total. The Morgan fingerprint density at radius 1 is 1.16 bits per heavy atom. The summed E-state index contributed by atoms with van der Waals surface area (Å²) in [6.07, 6.45) is 1.05. The number of aliphatic carboxylic acids is 1. The van der Waals surface area contributed by atoms with Crippen LogP contribution in [0.25, 0.3) is 0 Å². The molecule has 0 heterocycles. The number of hydrogen-bond acceptors (Lipinski definition) is 4. The van der Waals surface area contributed by atoms with Gasteiger partial charge in [-0.15, -0.1) is 0 Å². The molecule has 0 bridgehead atoms. The quantitative estimate of drug-likeness (QED) is 0.578. The molecule has 0 amide bonds. The molecule has 0 fully saturated rings. The summed E-state index contributed by atoms with van der Waals surface area (Å²) in [5, 5.41) is 20.8. The third-order valence-corrected chi connectivity index (χ3v) is 4.05. The van der Waals surface area contributed by atoms with E-state index in [0.717, 1.165) is 12.0 Å². The molecule has 25 heavy (non-hydrogen) atoms. The fourth-order valence-corrected chi connectivity index (χ4v) is 2.68. The highest BCUT2D eigenvalue weighted by Crippen LogP contribution is 2.30. The highest BCUT2D eigenvalue weighted by Gasteiger charge is 2.23. The first-order valence-electron chi connectivity index (χ1n) is 8.18. The Hall–Kier alpha value is -2.89. The van der Waals surface area contributed by atoms with Crippen molar-refractivity contribution in [2.75, 3.05) is 6.61 Å². The smallest absolute Gasteiger partial charge is 0.311 e. The molecule has 132 valence electrons. The molecule has 0 aliphatic heterocycles. The summed E-state index contributed by atoms with van der Waals surface area (Å²) in [5.74, 6) is -1.53. The molecular formula is C19H21NO5. The van der Waals surface area contributed by atoms with Gasteiger partial charge in [0.15, 0.2) is 5.75 Å². The van der Waals surface area contributed by atoms with Gasteiger partial charge in [0.2, 0.25) is 0 Å². The van der Waals surface area contributed by atoms with E-state index in [1.54, 1.807) is 25.1 Å². The average molecular weight is 343 g/mol. The zero-order valence-electron chi connectivity index (χ0n) is 14.3. The number of benzene rings is 2. The third-order valence-electron chi connectivity index (χ3n) is 4.05. The summed E-state index contributed by atoms with van der Waals surface area (Å²) < 4.78 is 5.26. The van der Waals surface area contributed by atoms with Crippen LogP contribution >= 0.6 is 0 Å². The van der Waals surface area contributed by atoms with Gasteiger partial charge in [0, 0.05) is 6.07 Å². The van der Waals surface area contributed by atoms with Crippen LogP contribution in [0.3, 0.4) is 0 Å². The Bertz CT molecular complexity index is 755. The summed E-state index contributed by atoms with van der Waals surface area (Å²) >= 11 is 0. The summed E-state index contributed by atoms with van der Waals surface area (Å²) in [5.41, 5.74) is 2.25. The van der Waals surface area contributed by atoms with E-state index in [2.05, 4.69) is 0 Å². The van der Waals surface area contributed by atoms with Crippen molar-refractivity contribution in [2.45, 2.75) is 32.6 Å². The van der Waals surface area contributed by atoms with E-state index < -0.39 is 16.8 Å². The molecule has 0 aliphatic carbocycles. The minimum Gasteiger partial charge on any atom is -0.487 e. The lowest BCUT2D eigenvalue weighted by Gasteiger charge is -2.14. The summed E-state index contributed by atoms with van der Waals surface area (Å²) in [4.78, 5) is 22.4. The number of carboxylic acid groups (broad SMARTS) is 1. The lowest BCUT2D eigenvalue weighted by Crippen LogP contribution is -2.14. The third kappa shape index (κ3) is 4.56. The summed E-state index contributed by atoms with van der Waals surface area (Å²) in [7, 11) is 0. The van der Waals surface area contributed by atoms with Crippen LogP contribution in [-0.2, 0) is 17.6 Å². The zero-order valence-corrected chi connectivity index (χ0v) is 14.3. The van der Waals surface area contributed by atoms with Crippen LogP contribution in [0.5, 0.6) is 5.75 Å². The van der Waals surface area contributed by atoms with Crippen molar-refractivity contribution >= 4 is 11.7 Å². The normalized spacial score (nSPS) is 11.8. The van der Waals surface area contributed by atoms with E-state index in [0.29, 0.717) is 17.7 Å². The van der Waals surface area contributed by atoms with Crippen LogP contribution in [0.1, 0.15) is 36.5 Å². The van der Waals surface area contributed by atoms with Crippen molar-refractivity contribution in [3.8, 4) is 5.75 Å². The second-order valence-electron chi connectivity index (χ2n) is 5.68. The van der Waals surface area contributed by atoms with E-state index in [1.165, 1.54) is 12.1 Å². The second-order valence-corrected chi connectivity index (χ2v) is 5.68. The van der Waals surface area contributed by atoms with E-state index in [1.807, 2.05) is 19.1 Å². The van der Waals surface area contributed by atoms with Gasteiger partial charge in [0.25, 0.3) is 0 Å². The predicted octanol–water partition coefficient (Wildman–Crippen LogP) is 3.97. The SMILES string of the molecule is CCOc1ccc(CC(C(=O)O)c2ccc(CC)cc2)cc1[N+](=O)[O-]. The summed E-state index contributed by atoms with van der Waals surface area (Å²) in [6.45, 7) is 4.10. The van der Waals surface area contributed by atoms with Gasteiger partial charge in [-0.2, -0.15) is 0 Å². The number of ether oxygens (including phenoxy) is 1. The number of carbonyl (C=O) groups is 1. The topological polar surface area (TPSA) is 89.7 Å². The number of nitro groups is 1. The number of aryl methyl sites for hydroxylation is 1. The monoisotopic (exact) mass is 343 g/mol. The van der Waals surface area contributed by atoms with Crippen LogP contribution in [0.4, 0.5) is 5.69 Å². The Balaban J connectivity index is 2.31. The highest BCUT2D eigenvalue weighted by molar-refractivity contribution is 5.76. The Morgan fingerprint density at radius 2 is 1.80 bits per heavy atom. The molecule has 0 saturated carbocycles. The van der Waals surface area contributed by atoms with Gasteiger partial charge in [0.05, 0.1) is 17.4 Å². The Labute approximate surface area is 146 Å². The van der Waals surface area contributed by atoms with Gasteiger partial charge in [-0.05, 0) is 42.5 Å². The van der Waals surface area contributed by atoms with Crippen LogP contribution in [0.2, 0.25) is 0 Å². The first kappa shape index (κ1) is 18.4. The van der Waals surface area contributed by atoms with Gasteiger partial charge < -0.3 is 9.84 Å². The van der Waals surface area contributed by atoms with Crippen molar-refractivity contribution in [3.05, 3.63) is 69.3 Å². The van der Waals surface area contributed by atoms with Crippen molar-refractivity contribution in [1.82, 2.24) is 0 Å². The largest absolute Gasteiger partial charge is 0.487 e. The number of hydrogen-bond donors (Lipinski definition) is 1. The number of nitro benzene ring substituents is 1. The van der Waals surface area contributed by atoms with Crippen LogP contribution in [0.15, 0.2) is 42.5 Å². The molecule has 0 aliphatic rings. The van der Waals surface area contributed by atoms with Crippen LogP contribution < -0.4 is 4.74 Å². The number of carboxylic acids is 1. The first-order valence-corrected chi connectivity index (χ1v) is 8.18. The van der Waals surface area contributed by atoms with E-state index in [-0.39, 0.29) is 17.9 Å². The fourth-order valence-electron chi connectivity index (χ4n) is 2.68. The fraction of sp³-hybridized carbons (Fsp3) is 0.316. The molecule has 2 aromatic rings. The average Bonchev–Trinajstić information content (AvgIpc) is 2.60. The van der Waals surface area contributed by atoms with Gasteiger partial charge in [0.1, 0.15) is 0 Å². The zero-order chi connectivity index (χ0) is 18.4. The maximum atomic E-state index is 11.7. The van der Waals surface area contributed by atoms with Crippen molar-refractivity contribution < 1.29 is 19.6 Å². The van der Waals surface area contributed by atoms with Gasteiger partial charge in [-0.3, -0.25) is 14.9 Å². The lowest BCUT2D eigenvalue weighted by molar-refractivity contribution is -0.385. The van der Waals surface area contributed by atoms with Gasteiger partial charge in [-0.25, -0.2) is 0 Å². The standard InChI is InChI=1S/C19H21NO5/c1-3-13-5-8-15(9-6-13)16(19(21)22)11-14-7-10-18(25-4-2)17(12-14)20(23)24/h5-10,12,16H,3-4,11H2,1-2H3,(H,21,22). The van der Waals surface area contributed by atoms with Gasteiger partial charge >= 0.3 is 11.7 Å². The molecule has 1 unspecified atom stereocenters. The highest BCUT2D eigenvalue weighted by atomic mass is 16.6. The maximum Gasteiger partial charge on any atom is 0.311 e. The molecule has 6 heteroatoms. The molecule has 2 rings (SSSR count). The molecule has 2 aromatic carbocycles. The van der Waals surface area contributed by atoms with Crippen LogP contribution in [-0.4, -0.2) is 22.6 Å². The molecule has 0 spiro atoms.